The van der Waals surface area contributed by atoms with Crippen LogP contribution in [0.15, 0.2) is 11.1 Å². The van der Waals surface area contributed by atoms with Crippen molar-refractivity contribution in [3.63, 3.8) is 0 Å². The van der Waals surface area contributed by atoms with Crippen molar-refractivity contribution in [1.82, 2.24) is 0 Å². The van der Waals surface area contributed by atoms with Gasteiger partial charge >= 0.3 is 5.97 Å². The van der Waals surface area contributed by atoms with Crippen molar-refractivity contribution in [2.24, 2.45) is 0 Å². The summed E-state index contributed by atoms with van der Waals surface area (Å²) < 4.78 is 4.68. The van der Waals surface area contributed by atoms with E-state index in [9.17, 15) is 9.59 Å². The highest BCUT2D eigenvalue weighted by Crippen LogP contribution is 2.24. The Morgan fingerprint density at radius 3 is 2.50 bits per heavy atom. The molecule has 0 aromatic heterocycles. The van der Waals surface area contributed by atoms with Crippen LogP contribution in [0, 0.1) is 0 Å². The van der Waals surface area contributed by atoms with Crippen molar-refractivity contribution >= 4 is 11.8 Å². The maximum Gasteiger partial charge on any atom is 0.303 e. The minimum Gasteiger partial charge on any atom is -0.457 e. The van der Waals surface area contributed by atoms with Gasteiger partial charge in [-0.05, 0) is 38.2 Å². The van der Waals surface area contributed by atoms with Gasteiger partial charge in [0.1, 0.15) is 0 Å². The summed E-state index contributed by atoms with van der Waals surface area (Å²) in [4.78, 5) is 22.1. The normalized spacial score (nSPS) is 16.7. The molecule has 0 aromatic rings. The minimum atomic E-state index is -0.396. The average Bonchev–Trinajstić information content (AvgIpc) is 2.15. The number of allylic oxidation sites excluding steroid dienone is 1. The van der Waals surface area contributed by atoms with Crippen LogP contribution >= 0.6 is 0 Å². The van der Waals surface area contributed by atoms with Gasteiger partial charge in [0.2, 0.25) is 0 Å². The van der Waals surface area contributed by atoms with Crippen LogP contribution in [0.5, 0.6) is 0 Å². The van der Waals surface area contributed by atoms with Gasteiger partial charge in [0.25, 0.3) is 0 Å². The van der Waals surface area contributed by atoms with Crippen molar-refractivity contribution in [3.05, 3.63) is 11.1 Å². The van der Waals surface area contributed by atoms with E-state index in [1.807, 2.05) is 6.92 Å². The number of carbonyl (C=O) groups excluding carboxylic acids is 2. The quantitative estimate of drug-likeness (QED) is 0.648. The summed E-state index contributed by atoms with van der Waals surface area (Å²) >= 11 is 0. The van der Waals surface area contributed by atoms with Crippen molar-refractivity contribution in [2.45, 2.75) is 39.5 Å². The summed E-state index contributed by atoms with van der Waals surface area (Å²) in [6, 6.07) is 0. The zero-order valence-electron chi connectivity index (χ0n) is 8.76. The third-order valence-electron chi connectivity index (χ3n) is 2.49. The molecule has 14 heavy (non-hydrogen) atoms. The number of Topliss-reactive ketones (excluding diaryl/α,β-unsaturated/α-hetero) is 1. The van der Waals surface area contributed by atoms with Gasteiger partial charge in [0.05, 0.1) is 0 Å². The van der Waals surface area contributed by atoms with E-state index < -0.39 is 5.97 Å². The number of ether oxygens (including phenoxy) is 1. The lowest BCUT2D eigenvalue weighted by atomic mass is 9.90. The second kappa shape index (κ2) is 4.94. The van der Waals surface area contributed by atoms with Crippen LogP contribution in [0.4, 0.5) is 0 Å². The summed E-state index contributed by atoms with van der Waals surface area (Å²) in [7, 11) is 0. The highest BCUT2D eigenvalue weighted by atomic mass is 16.5. The van der Waals surface area contributed by atoms with Crippen LogP contribution in [-0.2, 0) is 14.3 Å². The number of ketones is 1. The molecule has 1 aliphatic carbocycles. The third kappa shape index (κ3) is 2.98. The summed E-state index contributed by atoms with van der Waals surface area (Å²) in [6.45, 7) is 3.21. The molecule has 0 heterocycles. The van der Waals surface area contributed by atoms with Crippen LogP contribution in [0.2, 0.25) is 0 Å². The topological polar surface area (TPSA) is 43.4 Å². The van der Waals surface area contributed by atoms with Gasteiger partial charge in [0, 0.05) is 6.92 Å². The molecular weight excluding hydrogens is 180 g/mol. The fourth-order valence-corrected chi connectivity index (χ4v) is 1.69. The van der Waals surface area contributed by atoms with Gasteiger partial charge in [-0.1, -0.05) is 5.57 Å². The Kier molecular flexibility index (Phi) is 3.86. The molecule has 0 unspecified atom stereocenters. The molecule has 0 spiro atoms. The molecule has 0 amide bonds. The Morgan fingerprint density at radius 2 is 1.93 bits per heavy atom. The molecule has 0 aliphatic heterocycles. The zero-order chi connectivity index (χ0) is 10.6. The SMILES string of the molecule is CC(=O)OCC(=O)C1=C(C)CCCC1. The first-order valence-corrected chi connectivity index (χ1v) is 4.96. The van der Waals surface area contributed by atoms with Gasteiger partial charge in [0.15, 0.2) is 12.4 Å². The molecule has 3 nitrogen and oxygen atoms in total. The van der Waals surface area contributed by atoms with Gasteiger partial charge in [-0.25, -0.2) is 0 Å². The van der Waals surface area contributed by atoms with E-state index >= 15 is 0 Å². The molecule has 0 fully saturated rings. The summed E-state index contributed by atoms with van der Waals surface area (Å²) in [5, 5.41) is 0. The van der Waals surface area contributed by atoms with Gasteiger partial charge < -0.3 is 4.74 Å². The molecule has 78 valence electrons. The van der Waals surface area contributed by atoms with E-state index in [-0.39, 0.29) is 12.4 Å². The first kappa shape index (κ1) is 11.0. The Morgan fingerprint density at radius 1 is 1.29 bits per heavy atom. The molecule has 0 radical (unpaired) electrons. The Labute approximate surface area is 84.1 Å². The van der Waals surface area contributed by atoms with E-state index in [4.69, 9.17) is 0 Å². The molecule has 0 saturated heterocycles. The largest absolute Gasteiger partial charge is 0.457 e. The molecule has 1 rings (SSSR count). The van der Waals surface area contributed by atoms with E-state index in [1.165, 1.54) is 6.92 Å². The Balaban J connectivity index is 2.54. The fourth-order valence-electron chi connectivity index (χ4n) is 1.69. The van der Waals surface area contributed by atoms with E-state index in [0.29, 0.717) is 0 Å². The maximum atomic E-state index is 11.6. The number of carbonyl (C=O) groups is 2. The van der Waals surface area contributed by atoms with E-state index in [2.05, 4.69) is 4.74 Å². The van der Waals surface area contributed by atoms with Crippen molar-refractivity contribution in [2.75, 3.05) is 6.61 Å². The number of rotatable bonds is 3. The lowest BCUT2D eigenvalue weighted by molar-refractivity contribution is -0.144. The van der Waals surface area contributed by atoms with Crippen molar-refractivity contribution in [1.29, 1.82) is 0 Å². The standard InChI is InChI=1S/C11H16O3/c1-8-5-3-4-6-10(8)11(13)7-14-9(2)12/h3-7H2,1-2H3. The van der Waals surface area contributed by atoms with E-state index in [0.717, 1.165) is 36.8 Å². The Hall–Kier alpha value is -1.12. The maximum absolute atomic E-state index is 11.6. The molecule has 0 bridgehead atoms. The fraction of sp³-hybridized carbons (Fsp3) is 0.636. The predicted molar refractivity (Wildman–Crippen MR) is 52.8 cm³/mol. The molecule has 0 aromatic carbocycles. The summed E-state index contributed by atoms with van der Waals surface area (Å²) in [5.41, 5.74) is 2.03. The first-order valence-electron chi connectivity index (χ1n) is 4.96. The highest BCUT2D eigenvalue weighted by Gasteiger charge is 2.16. The van der Waals surface area contributed by atoms with Crippen LogP contribution < -0.4 is 0 Å². The van der Waals surface area contributed by atoms with Crippen LogP contribution in [-0.4, -0.2) is 18.4 Å². The van der Waals surface area contributed by atoms with Crippen LogP contribution in [0.25, 0.3) is 0 Å². The molecule has 1 aliphatic rings. The van der Waals surface area contributed by atoms with E-state index in [1.54, 1.807) is 0 Å². The number of esters is 1. The summed E-state index contributed by atoms with van der Waals surface area (Å²) in [6.07, 6.45) is 4.07. The van der Waals surface area contributed by atoms with Crippen LogP contribution in [0.1, 0.15) is 39.5 Å². The van der Waals surface area contributed by atoms with Gasteiger partial charge in [-0.3, -0.25) is 9.59 Å². The third-order valence-corrected chi connectivity index (χ3v) is 2.49. The lowest BCUT2D eigenvalue weighted by Gasteiger charge is -2.16. The molecule has 0 saturated carbocycles. The zero-order valence-corrected chi connectivity index (χ0v) is 8.76. The minimum absolute atomic E-state index is 0.0302. The van der Waals surface area contributed by atoms with Gasteiger partial charge in [-0.15, -0.1) is 0 Å². The molecule has 3 heteroatoms. The number of hydrogen-bond donors (Lipinski definition) is 0. The highest BCUT2D eigenvalue weighted by molar-refractivity contribution is 5.97. The molecule has 0 N–H and O–H groups in total. The second-order valence-electron chi connectivity index (χ2n) is 3.67. The smallest absolute Gasteiger partial charge is 0.303 e. The van der Waals surface area contributed by atoms with Crippen molar-refractivity contribution < 1.29 is 14.3 Å². The molecule has 0 atom stereocenters. The summed E-state index contributed by atoms with van der Waals surface area (Å²) in [5.74, 6) is -0.426. The van der Waals surface area contributed by atoms with Crippen molar-refractivity contribution in [3.8, 4) is 0 Å². The number of hydrogen-bond acceptors (Lipinski definition) is 3. The lowest BCUT2D eigenvalue weighted by Crippen LogP contribution is -2.16. The molecular formula is C11H16O3. The second-order valence-corrected chi connectivity index (χ2v) is 3.67. The Bertz CT molecular complexity index is 276. The first-order chi connectivity index (χ1) is 6.61. The monoisotopic (exact) mass is 196 g/mol. The predicted octanol–water partition coefficient (Wildman–Crippen LogP) is 2.01. The van der Waals surface area contributed by atoms with Gasteiger partial charge in [-0.2, -0.15) is 0 Å². The van der Waals surface area contributed by atoms with Crippen LogP contribution in [0.3, 0.4) is 0 Å². The average molecular weight is 196 g/mol.